The number of nitrogens with zero attached hydrogens (tertiary/aromatic N) is 3. The molecule has 0 aromatic heterocycles. The molecule has 1 atom stereocenters. The van der Waals surface area contributed by atoms with Crippen molar-refractivity contribution in [3.8, 4) is 0 Å². The van der Waals surface area contributed by atoms with E-state index in [-0.39, 0.29) is 17.1 Å². The van der Waals surface area contributed by atoms with Crippen LogP contribution in [0, 0.1) is 26.1 Å². The van der Waals surface area contributed by atoms with E-state index in [2.05, 4.69) is 17.5 Å². The van der Waals surface area contributed by atoms with Crippen LogP contribution < -0.4 is 5.43 Å². The van der Waals surface area contributed by atoms with Crippen molar-refractivity contribution in [1.29, 1.82) is 0 Å². The summed E-state index contributed by atoms with van der Waals surface area (Å²) in [4.78, 5) is 20.6. The Morgan fingerprint density at radius 1 is 1.22 bits per heavy atom. The molecule has 3 rings (SSSR count). The Bertz CT molecular complexity index is 754. The summed E-state index contributed by atoms with van der Waals surface area (Å²) in [7, 11) is 0. The molecule has 2 aliphatic rings. The van der Waals surface area contributed by atoms with Crippen LogP contribution in [0.25, 0.3) is 0 Å². The van der Waals surface area contributed by atoms with Crippen molar-refractivity contribution in [2.24, 2.45) is 11.0 Å². The number of anilines is 1. The van der Waals surface area contributed by atoms with Gasteiger partial charge >= 0.3 is 5.69 Å². The molecule has 1 N–H and O–H groups in total. The minimum Gasteiger partial charge on any atom is -0.271 e. The van der Waals surface area contributed by atoms with Crippen LogP contribution in [0.3, 0.4) is 0 Å². The number of hydrogen-bond donors (Lipinski definition) is 1. The zero-order valence-corrected chi connectivity index (χ0v) is 12.6. The molecule has 8 heteroatoms. The van der Waals surface area contributed by atoms with Gasteiger partial charge in [0.2, 0.25) is 0 Å². The van der Waals surface area contributed by atoms with Gasteiger partial charge in [-0.1, -0.05) is 12.5 Å². The van der Waals surface area contributed by atoms with E-state index in [0.29, 0.717) is 5.92 Å². The zero-order valence-electron chi connectivity index (χ0n) is 12.6. The molecule has 0 fully saturated rings. The second kappa shape index (κ2) is 5.79. The van der Waals surface area contributed by atoms with Gasteiger partial charge in [0.15, 0.2) is 0 Å². The molecule has 1 aromatic rings. The summed E-state index contributed by atoms with van der Waals surface area (Å²) in [5.41, 5.74) is 5.88. The number of nitrogens with one attached hydrogen (secondary N) is 1. The number of non-ortho nitro benzene ring substituents is 1. The predicted molar refractivity (Wildman–Crippen MR) is 85.5 cm³/mol. The van der Waals surface area contributed by atoms with E-state index in [9.17, 15) is 20.2 Å². The first-order valence-corrected chi connectivity index (χ1v) is 7.45. The smallest absolute Gasteiger partial charge is 0.271 e. The van der Waals surface area contributed by atoms with Gasteiger partial charge in [0.25, 0.3) is 5.69 Å². The first kappa shape index (κ1) is 15.1. The number of allylic oxidation sites excluding steroid dienone is 2. The number of nitro benzene ring substituents is 2. The highest BCUT2D eigenvalue weighted by molar-refractivity contribution is 6.04. The standard InChI is InChI=1S/C15H16N4O4/c1-9-7-14(12-4-2-3-11(9)12)17-16-13-6-5-10(18(20)21)8-15(13)19(22)23/h5-6,8-9,16H,2-4,7H2,1H3/b17-14-/t9-/m0/s1. The largest absolute Gasteiger partial charge is 0.301 e. The second-order valence-corrected chi connectivity index (χ2v) is 5.85. The fourth-order valence-electron chi connectivity index (χ4n) is 3.30. The fourth-order valence-corrected chi connectivity index (χ4v) is 3.30. The van der Waals surface area contributed by atoms with Crippen molar-refractivity contribution < 1.29 is 9.85 Å². The molecule has 0 bridgehead atoms. The van der Waals surface area contributed by atoms with Gasteiger partial charge in [-0.15, -0.1) is 0 Å². The van der Waals surface area contributed by atoms with Crippen LogP contribution in [0.5, 0.6) is 0 Å². The van der Waals surface area contributed by atoms with E-state index < -0.39 is 9.85 Å². The van der Waals surface area contributed by atoms with E-state index in [4.69, 9.17) is 0 Å². The van der Waals surface area contributed by atoms with Gasteiger partial charge in [0, 0.05) is 6.07 Å². The second-order valence-electron chi connectivity index (χ2n) is 5.85. The van der Waals surface area contributed by atoms with Crippen LogP contribution >= 0.6 is 0 Å². The van der Waals surface area contributed by atoms with Gasteiger partial charge in [0.05, 0.1) is 21.6 Å². The lowest BCUT2D eigenvalue weighted by Crippen LogP contribution is -2.04. The van der Waals surface area contributed by atoms with Gasteiger partial charge in [-0.25, -0.2) is 0 Å². The topological polar surface area (TPSA) is 111 Å². The molecule has 0 saturated heterocycles. The van der Waals surface area contributed by atoms with Gasteiger partial charge in [-0.05, 0) is 43.2 Å². The van der Waals surface area contributed by atoms with Crippen LogP contribution in [0.2, 0.25) is 0 Å². The molecule has 0 unspecified atom stereocenters. The summed E-state index contributed by atoms with van der Waals surface area (Å²) in [6.07, 6.45) is 4.07. The van der Waals surface area contributed by atoms with Gasteiger partial charge in [-0.2, -0.15) is 5.10 Å². The third-order valence-corrected chi connectivity index (χ3v) is 4.40. The summed E-state index contributed by atoms with van der Waals surface area (Å²) in [5.74, 6) is 0.472. The Morgan fingerprint density at radius 2 is 2.00 bits per heavy atom. The highest BCUT2D eigenvalue weighted by Gasteiger charge is 2.30. The minimum absolute atomic E-state index is 0.160. The molecular weight excluding hydrogens is 300 g/mol. The summed E-state index contributed by atoms with van der Waals surface area (Å²) < 4.78 is 0. The monoisotopic (exact) mass is 316 g/mol. The molecule has 0 aliphatic heterocycles. The molecular formula is C15H16N4O4. The lowest BCUT2D eigenvalue weighted by molar-refractivity contribution is -0.393. The van der Waals surface area contributed by atoms with Crippen molar-refractivity contribution >= 4 is 22.8 Å². The predicted octanol–water partition coefficient (Wildman–Crippen LogP) is 3.79. The SMILES string of the molecule is C[C@H]1C/C(=N/Nc2ccc([N+](=O)[O-])cc2[N+](=O)[O-])C2=C1CCC2. The van der Waals surface area contributed by atoms with Crippen molar-refractivity contribution in [3.05, 3.63) is 49.6 Å². The molecule has 23 heavy (non-hydrogen) atoms. The lowest BCUT2D eigenvalue weighted by atomic mass is 10.0. The van der Waals surface area contributed by atoms with Crippen molar-refractivity contribution in [1.82, 2.24) is 0 Å². The normalized spacial score (nSPS) is 21.6. The minimum atomic E-state index is -0.656. The van der Waals surface area contributed by atoms with E-state index in [1.54, 1.807) is 0 Å². The Labute approximate surface area is 132 Å². The van der Waals surface area contributed by atoms with Crippen LogP contribution in [0.1, 0.15) is 32.6 Å². The average molecular weight is 316 g/mol. The zero-order chi connectivity index (χ0) is 16.6. The maximum atomic E-state index is 11.1. The molecule has 120 valence electrons. The number of benzene rings is 1. The first-order valence-electron chi connectivity index (χ1n) is 7.45. The molecule has 2 aliphatic carbocycles. The molecule has 8 nitrogen and oxygen atoms in total. The van der Waals surface area contributed by atoms with E-state index in [1.165, 1.54) is 23.3 Å². The molecule has 0 amide bonds. The maximum Gasteiger partial charge on any atom is 0.301 e. The number of nitro groups is 2. The molecule has 1 aromatic carbocycles. The Kier molecular flexibility index (Phi) is 3.81. The Hall–Kier alpha value is -2.77. The molecule has 0 spiro atoms. The highest BCUT2D eigenvalue weighted by Crippen LogP contribution is 2.41. The van der Waals surface area contributed by atoms with E-state index in [0.717, 1.165) is 37.5 Å². The van der Waals surface area contributed by atoms with Crippen LogP contribution in [-0.4, -0.2) is 15.6 Å². The Balaban J connectivity index is 1.88. The number of hydrogen-bond acceptors (Lipinski definition) is 6. The average Bonchev–Trinajstić information content (AvgIpc) is 3.09. The van der Waals surface area contributed by atoms with Crippen molar-refractivity contribution in [2.75, 3.05) is 5.43 Å². The number of hydrazone groups is 1. The lowest BCUT2D eigenvalue weighted by Gasteiger charge is -2.07. The number of rotatable bonds is 4. The van der Waals surface area contributed by atoms with Gasteiger partial charge in [0.1, 0.15) is 5.69 Å². The van der Waals surface area contributed by atoms with Crippen LogP contribution in [-0.2, 0) is 0 Å². The third-order valence-electron chi connectivity index (χ3n) is 4.40. The molecule has 0 radical (unpaired) electrons. The molecule has 0 saturated carbocycles. The van der Waals surface area contributed by atoms with Crippen LogP contribution in [0.15, 0.2) is 34.4 Å². The highest BCUT2D eigenvalue weighted by atomic mass is 16.6. The van der Waals surface area contributed by atoms with Gasteiger partial charge < -0.3 is 0 Å². The van der Waals surface area contributed by atoms with E-state index in [1.807, 2.05) is 0 Å². The van der Waals surface area contributed by atoms with Crippen LogP contribution in [0.4, 0.5) is 17.1 Å². The van der Waals surface area contributed by atoms with Gasteiger partial charge in [-0.3, -0.25) is 25.7 Å². The summed E-state index contributed by atoms with van der Waals surface area (Å²) in [5, 5.41) is 26.2. The fraction of sp³-hybridized carbons (Fsp3) is 0.400. The first-order chi connectivity index (χ1) is 11.0. The summed E-state index contributed by atoms with van der Waals surface area (Å²) >= 11 is 0. The van der Waals surface area contributed by atoms with E-state index >= 15 is 0 Å². The summed E-state index contributed by atoms with van der Waals surface area (Å²) in [6.45, 7) is 2.16. The van der Waals surface area contributed by atoms with Crippen molar-refractivity contribution in [3.63, 3.8) is 0 Å². The quantitative estimate of drug-likeness (QED) is 0.671. The van der Waals surface area contributed by atoms with Crippen molar-refractivity contribution in [2.45, 2.75) is 32.6 Å². The Morgan fingerprint density at radius 3 is 2.70 bits per heavy atom. The summed E-state index contributed by atoms with van der Waals surface area (Å²) in [6, 6.07) is 3.50. The maximum absolute atomic E-state index is 11.1. The third kappa shape index (κ3) is 2.79. The molecule has 0 heterocycles.